The van der Waals surface area contributed by atoms with E-state index in [1.807, 2.05) is 24.3 Å². The molecule has 0 fully saturated rings. The fourth-order valence-corrected chi connectivity index (χ4v) is 3.57. The number of nitrogens with zero attached hydrogens (tertiary/aromatic N) is 6. The van der Waals surface area contributed by atoms with Crippen molar-refractivity contribution in [2.45, 2.75) is 58.4 Å². The van der Waals surface area contributed by atoms with Crippen LogP contribution in [0.25, 0.3) is 11.5 Å². The molecule has 0 amide bonds. The van der Waals surface area contributed by atoms with Gasteiger partial charge in [0.05, 0.1) is 0 Å². The van der Waals surface area contributed by atoms with E-state index in [2.05, 4.69) is 42.0 Å². The quantitative estimate of drug-likeness (QED) is 0.635. The topological polar surface area (TPSA) is 81.4 Å². The first-order valence-electron chi connectivity index (χ1n) is 10.3. The van der Waals surface area contributed by atoms with Crippen LogP contribution in [0.15, 0.2) is 30.5 Å². The highest BCUT2D eigenvalue weighted by molar-refractivity contribution is 5.52. The lowest BCUT2D eigenvalue weighted by molar-refractivity contribution is 0.599. The van der Waals surface area contributed by atoms with Crippen LogP contribution in [-0.2, 0) is 25.8 Å². The van der Waals surface area contributed by atoms with Crippen LogP contribution in [0.5, 0.6) is 0 Å². The number of aromatic nitrogens is 6. The van der Waals surface area contributed by atoms with E-state index in [0.717, 1.165) is 67.6 Å². The lowest BCUT2D eigenvalue weighted by atomic mass is 10.2. The fraction of sp³-hybridized carbons (Fsp3) is 0.476. The number of aryl methyl sites for hydroxylation is 3. The molecule has 0 saturated heterocycles. The smallest absolute Gasteiger partial charge is 0.180 e. The Kier molecular flexibility index (Phi) is 5.89. The molecule has 1 N–H and O–H groups in total. The second-order valence-electron chi connectivity index (χ2n) is 7.16. The van der Waals surface area contributed by atoms with E-state index < -0.39 is 0 Å². The summed E-state index contributed by atoms with van der Waals surface area (Å²) in [4.78, 5) is 13.6. The Hall–Kier alpha value is -2.83. The van der Waals surface area contributed by atoms with E-state index in [1.54, 1.807) is 6.20 Å². The summed E-state index contributed by atoms with van der Waals surface area (Å²) in [5.41, 5.74) is 1.81. The SMILES string of the molecule is CCc1cc(NCCCc2nnc3n2CCCCC3)nc(-c2ccccn2)n1. The molecule has 1 aliphatic rings. The number of fused-ring (bicyclic) bond motifs is 1. The predicted molar refractivity (Wildman–Crippen MR) is 109 cm³/mol. The summed E-state index contributed by atoms with van der Waals surface area (Å²) in [6.45, 7) is 4.00. The predicted octanol–water partition coefficient (Wildman–Crippen LogP) is 3.46. The molecule has 0 bridgehead atoms. The molecule has 28 heavy (non-hydrogen) atoms. The van der Waals surface area contributed by atoms with E-state index in [0.29, 0.717) is 5.82 Å². The Morgan fingerprint density at radius 1 is 1.11 bits per heavy atom. The van der Waals surface area contributed by atoms with Gasteiger partial charge in [0.25, 0.3) is 0 Å². The minimum Gasteiger partial charge on any atom is -0.370 e. The van der Waals surface area contributed by atoms with Crippen LogP contribution in [0, 0.1) is 0 Å². The van der Waals surface area contributed by atoms with Gasteiger partial charge in [0, 0.05) is 43.9 Å². The molecular formula is C21H27N7. The highest BCUT2D eigenvalue weighted by Gasteiger charge is 2.14. The van der Waals surface area contributed by atoms with Crippen LogP contribution in [-0.4, -0.2) is 36.3 Å². The van der Waals surface area contributed by atoms with Crippen molar-refractivity contribution in [1.29, 1.82) is 0 Å². The van der Waals surface area contributed by atoms with Gasteiger partial charge in [0.1, 0.15) is 23.2 Å². The Bertz CT molecular complexity index is 904. The Morgan fingerprint density at radius 2 is 2.07 bits per heavy atom. The van der Waals surface area contributed by atoms with E-state index in [4.69, 9.17) is 0 Å². The number of anilines is 1. The van der Waals surface area contributed by atoms with E-state index >= 15 is 0 Å². The summed E-state index contributed by atoms with van der Waals surface area (Å²) in [6, 6.07) is 7.82. The molecule has 146 valence electrons. The number of nitrogens with one attached hydrogen (secondary N) is 1. The molecule has 0 aromatic carbocycles. The van der Waals surface area contributed by atoms with Crippen LogP contribution in [0.1, 0.15) is 49.9 Å². The summed E-state index contributed by atoms with van der Waals surface area (Å²) in [6.07, 6.45) is 9.36. The summed E-state index contributed by atoms with van der Waals surface area (Å²) < 4.78 is 2.33. The van der Waals surface area contributed by atoms with Gasteiger partial charge in [-0.1, -0.05) is 19.4 Å². The maximum absolute atomic E-state index is 4.65. The zero-order valence-electron chi connectivity index (χ0n) is 16.4. The minimum atomic E-state index is 0.672. The van der Waals surface area contributed by atoms with Crippen molar-refractivity contribution in [3.05, 3.63) is 47.8 Å². The van der Waals surface area contributed by atoms with Crippen molar-refractivity contribution in [3.63, 3.8) is 0 Å². The first-order chi connectivity index (χ1) is 13.8. The van der Waals surface area contributed by atoms with Crippen molar-refractivity contribution in [3.8, 4) is 11.5 Å². The van der Waals surface area contributed by atoms with Crippen molar-refractivity contribution in [2.75, 3.05) is 11.9 Å². The maximum atomic E-state index is 4.65. The van der Waals surface area contributed by atoms with Crippen LogP contribution in [0.2, 0.25) is 0 Å². The number of rotatable bonds is 7. The largest absolute Gasteiger partial charge is 0.370 e. The molecule has 0 saturated carbocycles. The Morgan fingerprint density at radius 3 is 2.93 bits per heavy atom. The molecular weight excluding hydrogens is 350 g/mol. The van der Waals surface area contributed by atoms with E-state index in [1.165, 1.54) is 19.3 Å². The fourth-order valence-electron chi connectivity index (χ4n) is 3.57. The van der Waals surface area contributed by atoms with Gasteiger partial charge in [0.2, 0.25) is 0 Å². The summed E-state index contributed by atoms with van der Waals surface area (Å²) in [5, 5.41) is 12.3. The molecule has 0 radical (unpaired) electrons. The van der Waals surface area contributed by atoms with Gasteiger partial charge in [0.15, 0.2) is 5.82 Å². The summed E-state index contributed by atoms with van der Waals surface area (Å²) in [5.74, 6) is 3.80. The van der Waals surface area contributed by atoms with Gasteiger partial charge in [-0.2, -0.15) is 0 Å². The number of hydrogen-bond acceptors (Lipinski definition) is 6. The minimum absolute atomic E-state index is 0.672. The Labute approximate surface area is 165 Å². The third-order valence-corrected chi connectivity index (χ3v) is 5.10. The highest BCUT2D eigenvalue weighted by Crippen LogP contribution is 2.17. The maximum Gasteiger partial charge on any atom is 0.180 e. The number of pyridine rings is 1. The van der Waals surface area contributed by atoms with Gasteiger partial charge in [-0.3, -0.25) is 4.98 Å². The molecule has 4 heterocycles. The standard InChI is InChI=1S/C21H27N7/c1-2-16-15-18(25-21(24-16)17-9-5-6-12-22-17)23-13-8-11-20-27-26-19-10-4-3-7-14-28(19)20/h5-6,9,12,15H,2-4,7-8,10-11,13-14H2,1H3,(H,23,24,25). The van der Waals surface area contributed by atoms with Crippen molar-refractivity contribution in [2.24, 2.45) is 0 Å². The molecule has 0 atom stereocenters. The second kappa shape index (κ2) is 8.91. The third kappa shape index (κ3) is 4.35. The van der Waals surface area contributed by atoms with Gasteiger partial charge < -0.3 is 9.88 Å². The normalized spacial score (nSPS) is 13.8. The van der Waals surface area contributed by atoms with Crippen LogP contribution in [0.4, 0.5) is 5.82 Å². The Balaban J connectivity index is 1.38. The lowest BCUT2D eigenvalue weighted by Gasteiger charge is -2.10. The van der Waals surface area contributed by atoms with Crippen molar-refractivity contribution < 1.29 is 0 Å². The zero-order valence-corrected chi connectivity index (χ0v) is 16.4. The molecule has 1 aliphatic heterocycles. The monoisotopic (exact) mass is 377 g/mol. The first-order valence-corrected chi connectivity index (χ1v) is 10.3. The molecule has 0 spiro atoms. The number of hydrogen-bond donors (Lipinski definition) is 1. The molecule has 7 heteroatoms. The van der Waals surface area contributed by atoms with Crippen LogP contribution >= 0.6 is 0 Å². The second-order valence-corrected chi connectivity index (χ2v) is 7.16. The lowest BCUT2D eigenvalue weighted by Crippen LogP contribution is -2.10. The van der Waals surface area contributed by atoms with Gasteiger partial charge in [-0.25, -0.2) is 9.97 Å². The van der Waals surface area contributed by atoms with Crippen molar-refractivity contribution >= 4 is 5.82 Å². The van der Waals surface area contributed by atoms with E-state index in [-0.39, 0.29) is 0 Å². The third-order valence-electron chi connectivity index (χ3n) is 5.10. The average Bonchev–Trinajstić information content (AvgIpc) is 2.97. The van der Waals surface area contributed by atoms with Crippen LogP contribution < -0.4 is 5.32 Å². The highest BCUT2D eigenvalue weighted by atomic mass is 15.3. The average molecular weight is 377 g/mol. The molecule has 4 rings (SSSR count). The summed E-state index contributed by atoms with van der Waals surface area (Å²) >= 11 is 0. The first kappa shape index (κ1) is 18.5. The van der Waals surface area contributed by atoms with Gasteiger partial charge in [-0.05, 0) is 37.8 Å². The van der Waals surface area contributed by atoms with Gasteiger partial charge >= 0.3 is 0 Å². The van der Waals surface area contributed by atoms with Crippen LogP contribution in [0.3, 0.4) is 0 Å². The molecule has 0 aliphatic carbocycles. The molecule has 3 aromatic heterocycles. The van der Waals surface area contributed by atoms with E-state index in [9.17, 15) is 0 Å². The summed E-state index contributed by atoms with van der Waals surface area (Å²) in [7, 11) is 0. The zero-order chi connectivity index (χ0) is 19.2. The van der Waals surface area contributed by atoms with Crippen molar-refractivity contribution in [1.82, 2.24) is 29.7 Å². The molecule has 7 nitrogen and oxygen atoms in total. The molecule has 3 aromatic rings. The molecule has 0 unspecified atom stereocenters. The van der Waals surface area contributed by atoms with Gasteiger partial charge in [-0.15, -0.1) is 10.2 Å².